The van der Waals surface area contributed by atoms with Gasteiger partial charge >= 0.3 is 5.69 Å². The summed E-state index contributed by atoms with van der Waals surface area (Å²) in [6, 6.07) is 2.85. The highest BCUT2D eigenvalue weighted by Crippen LogP contribution is 2.31. The summed E-state index contributed by atoms with van der Waals surface area (Å²) in [7, 11) is 0. The molecule has 27 heavy (non-hydrogen) atoms. The summed E-state index contributed by atoms with van der Waals surface area (Å²) >= 11 is 0. The first kappa shape index (κ1) is 19.3. The van der Waals surface area contributed by atoms with E-state index in [-0.39, 0.29) is 40.4 Å². The molecule has 0 radical (unpaired) electrons. The smallest absolute Gasteiger partial charge is 0.332 e. The van der Waals surface area contributed by atoms with Crippen LogP contribution in [0.2, 0.25) is 0 Å². The fourth-order valence-corrected chi connectivity index (χ4v) is 3.08. The van der Waals surface area contributed by atoms with E-state index >= 15 is 4.39 Å². The fourth-order valence-electron chi connectivity index (χ4n) is 3.08. The highest BCUT2D eigenvalue weighted by molar-refractivity contribution is 6.01. The van der Waals surface area contributed by atoms with E-state index in [4.69, 9.17) is 17.0 Å². The number of hydrogen-bond donors (Lipinski definition) is 3. The molecule has 1 heterocycles. The number of halogens is 1. The molecule has 1 atom stereocenters. The third-order valence-corrected chi connectivity index (χ3v) is 5.52. The van der Waals surface area contributed by atoms with Gasteiger partial charge in [0.15, 0.2) is 5.82 Å². The van der Waals surface area contributed by atoms with E-state index in [1.807, 2.05) is 20.8 Å². The topological polar surface area (TPSA) is 120 Å². The molecule has 1 aliphatic rings. The van der Waals surface area contributed by atoms with E-state index < -0.39 is 22.6 Å². The third kappa shape index (κ3) is 3.53. The van der Waals surface area contributed by atoms with Crippen LogP contribution in [-0.2, 0) is 6.54 Å². The summed E-state index contributed by atoms with van der Waals surface area (Å²) in [6.07, 6.45) is 2.20. The molecule has 1 fully saturated rings. The van der Waals surface area contributed by atoms with Crippen molar-refractivity contribution in [3.05, 3.63) is 44.4 Å². The number of fused-ring (bicyclic) bond motifs is 1. The van der Waals surface area contributed by atoms with Crippen molar-refractivity contribution in [1.29, 1.82) is 5.41 Å². The average Bonchev–Trinajstić information content (AvgIpc) is 3.39. The molecule has 0 saturated heterocycles. The van der Waals surface area contributed by atoms with Crippen molar-refractivity contribution in [2.45, 2.75) is 52.1 Å². The van der Waals surface area contributed by atoms with Gasteiger partial charge in [-0.25, -0.2) is 9.18 Å². The van der Waals surface area contributed by atoms with Crippen LogP contribution in [0.15, 0.2) is 21.7 Å². The van der Waals surface area contributed by atoms with E-state index in [0.717, 1.165) is 12.8 Å². The van der Waals surface area contributed by atoms with Crippen molar-refractivity contribution in [2.24, 2.45) is 17.6 Å². The number of aromatic nitrogens is 2. The number of nitrogens with zero attached hydrogens (tertiary/aromatic N) is 2. The van der Waals surface area contributed by atoms with E-state index in [9.17, 15) is 9.59 Å². The summed E-state index contributed by atoms with van der Waals surface area (Å²) in [5.41, 5.74) is 4.19. The molecular formula is C19H26FN5O2. The maximum absolute atomic E-state index is 15.4. The van der Waals surface area contributed by atoms with Crippen molar-refractivity contribution in [3.8, 4) is 0 Å². The molecule has 1 saturated carbocycles. The summed E-state index contributed by atoms with van der Waals surface area (Å²) in [5.74, 6) is 5.10. The largest absolute Gasteiger partial charge is 0.350 e. The van der Waals surface area contributed by atoms with Gasteiger partial charge in [-0.15, -0.1) is 0 Å². The Kier molecular flexibility index (Phi) is 4.71. The van der Waals surface area contributed by atoms with E-state index in [1.54, 1.807) is 0 Å². The first-order valence-electron chi connectivity index (χ1n) is 9.12. The van der Waals surface area contributed by atoms with Gasteiger partial charge in [0.2, 0.25) is 0 Å². The number of nitrogen functional groups attached to an aromatic ring is 1. The Morgan fingerprint density at radius 3 is 2.56 bits per heavy atom. The van der Waals surface area contributed by atoms with Gasteiger partial charge in [0, 0.05) is 23.4 Å². The van der Waals surface area contributed by atoms with Crippen LogP contribution in [0.4, 0.5) is 4.39 Å². The summed E-state index contributed by atoms with van der Waals surface area (Å²) < 4.78 is 17.1. The molecule has 0 unspecified atom stereocenters. The first-order chi connectivity index (χ1) is 12.5. The molecule has 7 nitrogen and oxygen atoms in total. The minimum atomic E-state index is -0.740. The van der Waals surface area contributed by atoms with Gasteiger partial charge in [0.05, 0.1) is 10.9 Å². The van der Waals surface area contributed by atoms with E-state index in [1.165, 1.54) is 16.7 Å². The maximum atomic E-state index is 15.4. The van der Waals surface area contributed by atoms with Crippen LogP contribution in [0.5, 0.6) is 0 Å². The second-order valence-corrected chi connectivity index (χ2v) is 8.24. The lowest BCUT2D eigenvalue weighted by molar-refractivity contribution is 0.355. The first-order valence-corrected chi connectivity index (χ1v) is 9.12. The lowest BCUT2D eigenvalue weighted by Crippen LogP contribution is -2.45. The van der Waals surface area contributed by atoms with Gasteiger partial charge in [0.25, 0.3) is 5.56 Å². The summed E-state index contributed by atoms with van der Waals surface area (Å²) in [6.45, 7) is 5.94. The SMILES string of the molecule is C[C@H](CC(=N)c1ccc2c(=O)n(N)c(=O)n(CC3CC3)c2c1F)C(C)(C)N. The Labute approximate surface area is 156 Å². The number of nitrogens with two attached hydrogens (primary N) is 2. The monoisotopic (exact) mass is 375 g/mol. The van der Waals surface area contributed by atoms with Crippen LogP contribution in [0.1, 0.15) is 45.6 Å². The number of rotatable bonds is 6. The molecule has 5 N–H and O–H groups in total. The van der Waals surface area contributed by atoms with Crippen molar-refractivity contribution in [2.75, 3.05) is 5.84 Å². The van der Waals surface area contributed by atoms with Gasteiger partial charge < -0.3 is 17.0 Å². The quantitative estimate of drug-likeness (QED) is 0.524. The molecule has 0 aliphatic heterocycles. The van der Waals surface area contributed by atoms with Gasteiger partial charge in [-0.3, -0.25) is 9.36 Å². The molecular weight excluding hydrogens is 349 g/mol. The minimum Gasteiger partial charge on any atom is -0.332 e. The zero-order valence-electron chi connectivity index (χ0n) is 15.9. The predicted molar refractivity (Wildman–Crippen MR) is 104 cm³/mol. The van der Waals surface area contributed by atoms with Gasteiger partial charge in [-0.05, 0) is 57.1 Å². The Bertz CT molecular complexity index is 1030. The summed E-state index contributed by atoms with van der Waals surface area (Å²) in [4.78, 5) is 24.8. The predicted octanol–water partition coefficient (Wildman–Crippen LogP) is 1.56. The van der Waals surface area contributed by atoms with Crippen LogP contribution in [-0.4, -0.2) is 20.5 Å². The lowest BCUT2D eigenvalue weighted by atomic mass is 9.84. The second kappa shape index (κ2) is 6.60. The zero-order chi connectivity index (χ0) is 20.1. The minimum absolute atomic E-state index is 0.0407. The number of benzene rings is 1. The molecule has 2 aromatic rings. The van der Waals surface area contributed by atoms with E-state index in [2.05, 4.69) is 0 Å². The van der Waals surface area contributed by atoms with E-state index in [0.29, 0.717) is 11.2 Å². The summed E-state index contributed by atoms with van der Waals surface area (Å²) in [5, 5.41) is 8.38. The van der Waals surface area contributed by atoms with Crippen molar-refractivity contribution >= 4 is 16.6 Å². The Balaban J connectivity index is 2.16. The van der Waals surface area contributed by atoms with Gasteiger partial charge in [-0.1, -0.05) is 6.92 Å². The van der Waals surface area contributed by atoms with Crippen LogP contribution >= 0.6 is 0 Å². The molecule has 1 aliphatic carbocycles. The van der Waals surface area contributed by atoms with Crippen molar-refractivity contribution in [1.82, 2.24) is 9.24 Å². The maximum Gasteiger partial charge on any atom is 0.350 e. The molecule has 0 amide bonds. The second-order valence-electron chi connectivity index (χ2n) is 8.24. The van der Waals surface area contributed by atoms with Crippen LogP contribution < -0.4 is 22.8 Å². The molecule has 3 rings (SSSR count). The molecule has 0 bridgehead atoms. The molecule has 1 aromatic heterocycles. The van der Waals surface area contributed by atoms with Crippen LogP contribution in [0.25, 0.3) is 10.9 Å². The Morgan fingerprint density at radius 2 is 2.00 bits per heavy atom. The number of hydrogen-bond acceptors (Lipinski definition) is 5. The Morgan fingerprint density at radius 1 is 1.37 bits per heavy atom. The number of nitrogens with one attached hydrogen (secondary N) is 1. The highest BCUT2D eigenvalue weighted by atomic mass is 19.1. The van der Waals surface area contributed by atoms with Gasteiger partial charge in [-0.2, -0.15) is 4.68 Å². The Hall–Kier alpha value is -2.48. The lowest BCUT2D eigenvalue weighted by Gasteiger charge is -2.27. The third-order valence-electron chi connectivity index (χ3n) is 5.52. The highest BCUT2D eigenvalue weighted by Gasteiger charge is 2.27. The van der Waals surface area contributed by atoms with Gasteiger partial charge in [0.1, 0.15) is 0 Å². The van der Waals surface area contributed by atoms with Crippen LogP contribution in [0.3, 0.4) is 0 Å². The average molecular weight is 375 g/mol. The zero-order valence-corrected chi connectivity index (χ0v) is 15.9. The standard InChI is InChI=1S/C19H26FN5O2/c1-10(19(2,3)22)8-14(21)12-6-7-13-16(15(12)20)24(9-11-4-5-11)18(27)25(23)17(13)26/h6-7,10-11,21H,4-5,8-9,22-23H2,1-3H3/t10-/m1/s1. The molecule has 8 heteroatoms. The van der Waals surface area contributed by atoms with Crippen molar-refractivity contribution in [3.63, 3.8) is 0 Å². The van der Waals surface area contributed by atoms with Crippen molar-refractivity contribution < 1.29 is 4.39 Å². The van der Waals surface area contributed by atoms with Crippen LogP contribution in [0, 0.1) is 23.1 Å². The molecule has 146 valence electrons. The normalized spacial score (nSPS) is 15.9. The molecule has 1 aromatic carbocycles. The molecule has 0 spiro atoms. The fraction of sp³-hybridized carbons (Fsp3) is 0.526.